The molecule has 0 saturated carbocycles. The van der Waals surface area contributed by atoms with Gasteiger partial charge in [-0.2, -0.15) is 4.98 Å². The Hall–Kier alpha value is -1.44. The number of nitrogens with zero attached hydrogens (tertiary/aromatic N) is 2. The van der Waals surface area contributed by atoms with Crippen molar-refractivity contribution in [3.05, 3.63) is 10.9 Å². The summed E-state index contributed by atoms with van der Waals surface area (Å²) < 4.78 is 10.8. The Kier molecular flexibility index (Phi) is 4.29. The van der Waals surface area contributed by atoms with Crippen molar-refractivity contribution in [1.29, 1.82) is 0 Å². The van der Waals surface area contributed by atoms with Crippen LogP contribution in [0.2, 0.25) is 0 Å². The number of nitrogen functional groups attached to an aromatic ring is 1. The van der Waals surface area contributed by atoms with Crippen molar-refractivity contribution in [2.45, 2.75) is 13.8 Å². The predicted molar refractivity (Wildman–Crippen MR) is 72.0 cm³/mol. The Balaban J connectivity index is 2.23. The van der Waals surface area contributed by atoms with Crippen LogP contribution in [0.15, 0.2) is 6.07 Å². The normalized spacial score (nSPS) is 10.8. The van der Waals surface area contributed by atoms with Gasteiger partial charge in [-0.15, -0.1) is 11.3 Å². The first-order valence-corrected chi connectivity index (χ1v) is 6.51. The summed E-state index contributed by atoms with van der Waals surface area (Å²) in [7, 11) is 0. The van der Waals surface area contributed by atoms with Crippen molar-refractivity contribution in [2.24, 2.45) is 5.84 Å². The smallest absolute Gasteiger partial charge is 0.241 e. The molecular weight excluding hydrogens is 252 g/mol. The molecule has 0 spiro atoms. The lowest BCUT2D eigenvalue weighted by molar-refractivity contribution is 0.109. The van der Waals surface area contributed by atoms with Crippen LogP contribution in [0.25, 0.3) is 10.2 Å². The van der Waals surface area contributed by atoms with Gasteiger partial charge in [-0.25, -0.2) is 10.8 Å². The molecule has 2 rings (SSSR count). The third-order valence-electron chi connectivity index (χ3n) is 2.28. The van der Waals surface area contributed by atoms with Gasteiger partial charge in [0.2, 0.25) is 11.8 Å². The van der Waals surface area contributed by atoms with Crippen LogP contribution < -0.4 is 16.0 Å². The molecule has 98 valence electrons. The Morgan fingerprint density at radius 1 is 1.39 bits per heavy atom. The van der Waals surface area contributed by atoms with Gasteiger partial charge in [0.05, 0.1) is 12.0 Å². The zero-order valence-electron chi connectivity index (χ0n) is 10.4. The van der Waals surface area contributed by atoms with Crippen molar-refractivity contribution in [3.63, 3.8) is 0 Å². The number of fused-ring (bicyclic) bond motifs is 1. The lowest BCUT2D eigenvalue weighted by atomic mass is 10.3. The maximum absolute atomic E-state index is 5.61. The van der Waals surface area contributed by atoms with Crippen LogP contribution in [0.3, 0.4) is 0 Å². The summed E-state index contributed by atoms with van der Waals surface area (Å²) in [4.78, 5) is 10.5. The molecule has 0 amide bonds. The number of aromatic nitrogens is 2. The van der Waals surface area contributed by atoms with Crippen molar-refractivity contribution < 1.29 is 9.47 Å². The predicted octanol–water partition coefficient (Wildman–Crippen LogP) is 1.70. The van der Waals surface area contributed by atoms with Gasteiger partial charge in [0.1, 0.15) is 11.4 Å². The maximum Gasteiger partial charge on any atom is 0.241 e. The van der Waals surface area contributed by atoms with Crippen molar-refractivity contribution >= 4 is 27.5 Å². The first-order chi connectivity index (χ1) is 8.74. The molecule has 0 aliphatic heterocycles. The number of thiophene rings is 1. The summed E-state index contributed by atoms with van der Waals surface area (Å²) in [5.41, 5.74) is 2.44. The van der Waals surface area contributed by atoms with Gasteiger partial charge in [0.25, 0.3) is 0 Å². The van der Waals surface area contributed by atoms with E-state index >= 15 is 0 Å². The molecule has 3 N–H and O–H groups in total. The fourth-order valence-electron chi connectivity index (χ4n) is 1.53. The number of ether oxygens (including phenoxy) is 2. The van der Waals surface area contributed by atoms with Crippen LogP contribution in [0, 0.1) is 6.92 Å². The number of hydrazine groups is 1. The van der Waals surface area contributed by atoms with Crippen molar-refractivity contribution in [1.82, 2.24) is 9.97 Å². The maximum atomic E-state index is 5.61. The minimum atomic E-state index is 0.357. The number of nitrogens with one attached hydrogen (secondary N) is 1. The zero-order valence-corrected chi connectivity index (χ0v) is 11.2. The number of aryl methyl sites for hydroxylation is 1. The Bertz CT molecular complexity index is 529. The molecule has 0 bridgehead atoms. The SMILES string of the molecule is CCOCCOc1nc(NN)nc2sc(C)cc12. The van der Waals surface area contributed by atoms with Crippen LogP contribution in [0.5, 0.6) is 5.88 Å². The van der Waals surface area contributed by atoms with E-state index in [9.17, 15) is 0 Å². The van der Waals surface area contributed by atoms with Gasteiger partial charge < -0.3 is 9.47 Å². The standard InChI is InChI=1S/C11H16N4O2S/c1-3-16-4-5-17-9-8-6-7(2)18-10(8)14-11(13-9)15-12/h6H,3-5,12H2,1-2H3,(H,13,14,15). The molecule has 18 heavy (non-hydrogen) atoms. The third-order valence-corrected chi connectivity index (χ3v) is 3.23. The quantitative estimate of drug-likeness (QED) is 0.471. The lowest BCUT2D eigenvalue weighted by Crippen LogP contribution is -2.12. The second-order valence-corrected chi connectivity index (χ2v) is 4.85. The van der Waals surface area contributed by atoms with Crippen LogP contribution >= 0.6 is 11.3 Å². The number of hydrogen-bond donors (Lipinski definition) is 2. The average Bonchev–Trinajstić information content (AvgIpc) is 2.74. The molecule has 0 unspecified atom stereocenters. The van der Waals surface area contributed by atoms with Crippen molar-refractivity contribution in [3.8, 4) is 5.88 Å². The monoisotopic (exact) mass is 268 g/mol. The third kappa shape index (κ3) is 2.87. The summed E-state index contributed by atoms with van der Waals surface area (Å²) in [5, 5.41) is 0.910. The van der Waals surface area contributed by atoms with E-state index in [1.165, 1.54) is 0 Å². The molecule has 2 aromatic rings. The van der Waals surface area contributed by atoms with E-state index in [0.717, 1.165) is 15.1 Å². The second kappa shape index (κ2) is 5.94. The van der Waals surface area contributed by atoms with Gasteiger partial charge in [-0.05, 0) is 19.9 Å². The molecule has 2 aromatic heterocycles. The molecule has 0 aliphatic rings. The number of rotatable bonds is 6. The van der Waals surface area contributed by atoms with E-state index in [2.05, 4.69) is 15.4 Å². The Morgan fingerprint density at radius 2 is 2.22 bits per heavy atom. The highest BCUT2D eigenvalue weighted by Crippen LogP contribution is 2.30. The molecule has 0 aliphatic carbocycles. The summed E-state index contributed by atoms with van der Waals surface area (Å²) in [6.07, 6.45) is 0. The van der Waals surface area contributed by atoms with Crippen molar-refractivity contribution in [2.75, 3.05) is 25.2 Å². The molecule has 0 saturated heterocycles. The number of nitrogens with two attached hydrogens (primary N) is 1. The Labute approximate surface area is 109 Å². The van der Waals surface area contributed by atoms with Gasteiger partial charge in [0, 0.05) is 11.5 Å². The highest BCUT2D eigenvalue weighted by molar-refractivity contribution is 7.18. The Morgan fingerprint density at radius 3 is 2.94 bits per heavy atom. The lowest BCUT2D eigenvalue weighted by Gasteiger charge is -2.07. The van der Waals surface area contributed by atoms with E-state index in [-0.39, 0.29) is 0 Å². The van der Waals surface area contributed by atoms with E-state index in [4.69, 9.17) is 15.3 Å². The summed E-state index contributed by atoms with van der Waals surface area (Å²) in [6, 6.07) is 2.01. The molecule has 0 aromatic carbocycles. The van der Waals surface area contributed by atoms with E-state index in [1.807, 2.05) is 19.9 Å². The highest BCUT2D eigenvalue weighted by atomic mass is 32.1. The summed E-state index contributed by atoms with van der Waals surface area (Å²) in [6.45, 7) is 5.64. The van der Waals surface area contributed by atoms with Crippen LogP contribution in [-0.2, 0) is 4.74 Å². The minimum absolute atomic E-state index is 0.357. The molecule has 0 radical (unpaired) electrons. The fraction of sp³-hybridized carbons (Fsp3) is 0.455. The first-order valence-electron chi connectivity index (χ1n) is 5.70. The van der Waals surface area contributed by atoms with Crippen LogP contribution in [-0.4, -0.2) is 29.8 Å². The molecule has 6 nitrogen and oxygen atoms in total. The van der Waals surface area contributed by atoms with E-state index in [1.54, 1.807) is 11.3 Å². The molecule has 0 atom stereocenters. The summed E-state index contributed by atoms with van der Waals surface area (Å²) >= 11 is 1.58. The molecular formula is C11H16N4O2S. The van der Waals surface area contributed by atoms with Gasteiger partial charge in [-0.1, -0.05) is 0 Å². The fourth-order valence-corrected chi connectivity index (χ4v) is 2.40. The topological polar surface area (TPSA) is 82.3 Å². The molecule has 0 fully saturated rings. The largest absolute Gasteiger partial charge is 0.475 e. The van der Waals surface area contributed by atoms with Crippen LogP contribution in [0.1, 0.15) is 11.8 Å². The number of anilines is 1. The molecule has 2 heterocycles. The van der Waals surface area contributed by atoms with Gasteiger partial charge >= 0.3 is 0 Å². The average molecular weight is 268 g/mol. The molecule has 7 heteroatoms. The van der Waals surface area contributed by atoms with E-state index < -0.39 is 0 Å². The summed E-state index contributed by atoms with van der Waals surface area (Å²) in [5.74, 6) is 6.24. The number of hydrogen-bond acceptors (Lipinski definition) is 7. The first kappa shape index (κ1) is 13.0. The minimum Gasteiger partial charge on any atom is -0.475 e. The van der Waals surface area contributed by atoms with E-state index in [0.29, 0.717) is 31.6 Å². The van der Waals surface area contributed by atoms with Crippen LogP contribution in [0.4, 0.5) is 5.95 Å². The zero-order chi connectivity index (χ0) is 13.0. The van der Waals surface area contributed by atoms with Gasteiger partial charge in [-0.3, -0.25) is 5.43 Å². The second-order valence-electron chi connectivity index (χ2n) is 3.62. The van der Waals surface area contributed by atoms with Gasteiger partial charge in [0.15, 0.2) is 0 Å². The highest BCUT2D eigenvalue weighted by Gasteiger charge is 2.11.